The molecule has 1 aliphatic heterocycles. The first-order chi connectivity index (χ1) is 10.1. The maximum atomic E-state index is 12.5. The molecule has 1 atom stereocenters. The fourth-order valence-electron chi connectivity index (χ4n) is 2.77. The monoisotopic (exact) mass is 285 g/mol. The summed E-state index contributed by atoms with van der Waals surface area (Å²) in [5.41, 5.74) is 2.06. The first-order valence-electron chi connectivity index (χ1n) is 6.74. The van der Waals surface area contributed by atoms with E-state index in [-0.39, 0.29) is 5.91 Å². The number of furan rings is 1. The Bertz CT molecular complexity index is 704. The Labute approximate surface area is 121 Å². The molecule has 0 radical (unpaired) electrons. The number of carbonyl (C=O) groups is 2. The van der Waals surface area contributed by atoms with E-state index in [0.29, 0.717) is 29.9 Å². The molecule has 0 fully saturated rings. The Morgan fingerprint density at radius 3 is 2.76 bits per heavy atom. The van der Waals surface area contributed by atoms with E-state index in [1.165, 1.54) is 11.2 Å². The number of fused-ring (bicyclic) bond motifs is 1. The van der Waals surface area contributed by atoms with Gasteiger partial charge in [-0.2, -0.15) is 0 Å². The smallest absolute Gasteiger partial charge is 0.331 e. The minimum absolute atomic E-state index is 0.311. The zero-order valence-corrected chi connectivity index (χ0v) is 11.6. The van der Waals surface area contributed by atoms with Crippen molar-refractivity contribution in [3.8, 4) is 0 Å². The summed E-state index contributed by atoms with van der Waals surface area (Å²) in [5, 5.41) is 9.54. The number of nitrogens with zero attached hydrogens (tertiary/aromatic N) is 1. The number of carboxylic acid groups (broad SMARTS) is 1. The summed E-state index contributed by atoms with van der Waals surface area (Å²) in [7, 11) is 0. The number of carboxylic acids is 1. The fourth-order valence-corrected chi connectivity index (χ4v) is 2.77. The van der Waals surface area contributed by atoms with Crippen LogP contribution < -0.4 is 0 Å². The third-order valence-electron chi connectivity index (χ3n) is 3.76. The van der Waals surface area contributed by atoms with Crippen LogP contribution in [0.5, 0.6) is 0 Å². The van der Waals surface area contributed by atoms with Crippen molar-refractivity contribution in [3.63, 3.8) is 0 Å². The van der Waals surface area contributed by atoms with Crippen molar-refractivity contribution < 1.29 is 19.1 Å². The summed E-state index contributed by atoms with van der Waals surface area (Å²) in [6, 6.07) is 8.04. The fraction of sp³-hybridized carbons (Fsp3) is 0.250. The van der Waals surface area contributed by atoms with E-state index in [4.69, 9.17) is 4.42 Å². The topological polar surface area (TPSA) is 70.8 Å². The molecule has 2 heterocycles. The van der Waals surface area contributed by atoms with E-state index in [1.807, 2.05) is 12.1 Å². The number of hydrogen-bond acceptors (Lipinski definition) is 3. The molecular formula is C16H15NO4. The predicted octanol–water partition coefficient (Wildman–Crippen LogP) is 2.41. The molecule has 0 spiro atoms. The van der Waals surface area contributed by atoms with Gasteiger partial charge in [0.2, 0.25) is 0 Å². The van der Waals surface area contributed by atoms with Crippen LogP contribution in [0.25, 0.3) is 0 Å². The molecular weight excluding hydrogens is 270 g/mol. The minimum atomic E-state index is -1.02. The van der Waals surface area contributed by atoms with Gasteiger partial charge in [0.1, 0.15) is 12.0 Å². The highest BCUT2D eigenvalue weighted by atomic mass is 16.4. The van der Waals surface area contributed by atoms with Crippen molar-refractivity contribution >= 4 is 11.9 Å². The summed E-state index contributed by atoms with van der Waals surface area (Å²) >= 11 is 0. The third kappa shape index (κ3) is 2.31. The Kier molecular flexibility index (Phi) is 3.25. The number of aryl methyl sites for hydroxylation is 1. The Morgan fingerprint density at radius 1 is 1.33 bits per heavy atom. The standard InChI is InChI=1S/C16H15NO4/c1-10-8-12(9-21-10)15(18)17-7-6-11-4-2-3-5-13(11)14(17)16(19)20/h2-5,8-9,14H,6-7H2,1H3,(H,19,20). The highest BCUT2D eigenvalue weighted by Gasteiger charge is 2.36. The van der Waals surface area contributed by atoms with Gasteiger partial charge in [-0.05, 0) is 30.5 Å². The average molecular weight is 285 g/mol. The second kappa shape index (κ2) is 5.09. The van der Waals surface area contributed by atoms with E-state index in [2.05, 4.69) is 0 Å². The van der Waals surface area contributed by atoms with E-state index < -0.39 is 12.0 Å². The molecule has 1 aromatic carbocycles. The number of benzene rings is 1. The number of amides is 1. The van der Waals surface area contributed by atoms with Gasteiger partial charge in [0, 0.05) is 6.54 Å². The zero-order valence-electron chi connectivity index (χ0n) is 11.6. The number of rotatable bonds is 2. The Hall–Kier alpha value is -2.56. The van der Waals surface area contributed by atoms with Crippen molar-refractivity contribution in [2.45, 2.75) is 19.4 Å². The van der Waals surface area contributed by atoms with Gasteiger partial charge in [-0.1, -0.05) is 24.3 Å². The van der Waals surface area contributed by atoms with Crippen LogP contribution in [0.15, 0.2) is 41.0 Å². The number of aliphatic carboxylic acids is 1. The SMILES string of the molecule is Cc1cc(C(=O)N2CCc3ccccc3C2C(=O)O)co1. The van der Waals surface area contributed by atoms with Gasteiger partial charge in [-0.25, -0.2) is 4.79 Å². The van der Waals surface area contributed by atoms with Crippen molar-refractivity contribution in [3.05, 3.63) is 59.0 Å². The second-order valence-corrected chi connectivity index (χ2v) is 5.13. The van der Waals surface area contributed by atoms with Crippen LogP contribution in [0.2, 0.25) is 0 Å². The molecule has 2 aromatic rings. The van der Waals surface area contributed by atoms with Gasteiger partial charge in [-0.3, -0.25) is 4.79 Å². The molecule has 0 saturated carbocycles. The summed E-state index contributed by atoms with van der Waals surface area (Å²) in [6.07, 6.45) is 2.03. The lowest BCUT2D eigenvalue weighted by atomic mass is 9.92. The summed E-state index contributed by atoms with van der Waals surface area (Å²) in [6.45, 7) is 2.13. The van der Waals surface area contributed by atoms with Crippen LogP contribution in [0.1, 0.15) is 33.3 Å². The molecule has 108 valence electrons. The van der Waals surface area contributed by atoms with Crippen molar-refractivity contribution in [1.82, 2.24) is 4.90 Å². The average Bonchev–Trinajstić information content (AvgIpc) is 2.91. The van der Waals surface area contributed by atoms with Gasteiger partial charge in [0.25, 0.3) is 5.91 Å². The first kappa shape index (κ1) is 13.4. The van der Waals surface area contributed by atoms with Gasteiger partial charge in [0.15, 0.2) is 6.04 Å². The lowest BCUT2D eigenvalue weighted by Crippen LogP contribution is -2.43. The summed E-state index contributed by atoms with van der Waals surface area (Å²) < 4.78 is 5.15. The van der Waals surface area contributed by atoms with Crippen molar-refractivity contribution in [2.24, 2.45) is 0 Å². The van der Waals surface area contributed by atoms with E-state index in [1.54, 1.807) is 25.1 Å². The number of carbonyl (C=O) groups excluding carboxylic acids is 1. The molecule has 1 N–H and O–H groups in total. The van der Waals surface area contributed by atoms with Crippen molar-refractivity contribution in [1.29, 1.82) is 0 Å². The first-order valence-corrected chi connectivity index (χ1v) is 6.74. The molecule has 1 aliphatic rings. The molecule has 5 nitrogen and oxygen atoms in total. The molecule has 1 amide bonds. The van der Waals surface area contributed by atoms with Gasteiger partial charge in [-0.15, -0.1) is 0 Å². The van der Waals surface area contributed by atoms with Crippen molar-refractivity contribution in [2.75, 3.05) is 6.54 Å². The molecule has 0 bridgehead atoms. The second-order valence-electron chi connectivity index (χ2n) is 5.13. The van der Waals surface area contributed by atoms with Crippen LogP contribution in [0.3, 0.4) is 0 Å². The summed E-state index contributed by atoms with van der Waals surface area (Å²) in [4.78, 5) is 25.6. The van der Waals surface area contributed by atoms with Crippen LogP contribution in [0, 0.1) is 6.92 Å². The third-order valence-corrected chi connectivity index (χ3v) is 3.76. The molecule has 3 rings (SSSR count). The highest BCUT2D eigenvalue weighted by molar-refractivity contribution is 5.97. The predicted molar refractivity (Wildman–Crippen MR) is 75.0 cm³/mol. The van der Waals surface area contributed by atoms with Gasteiger partial charge < -0.3 is 14.4 Å². The van der Waals surface area contributed by atoms with E-state index in [9.17, 15) is 14.7 Å². The largest absolute Gasteiger partial charge is 0.479 e. The van der Waals surface area contributed by atoms with Crippen LogP contribution in [-0.2, 0) is 11.2 Å². The lowest BCUT2D eigenvalue weighted by Gasteiger charge is -2.34. The van der Waals surface area contributed by atoms with Crippen LogP contribution in [0.4, 0.5) is 0 Å². The molecule has 0 aliphatic carbocycles. The maximum absolute atomic E-state index is 12.5. The molecule has 21 heavy (non-hydrogen) atoms. The molecule has 0 saturated heterocycles. The van der Waals surface area contributed by atoms with E-state index in [0.717, 1.165) is 5.56 Å². The normalized spacial score (nSPS) is 17.4. The zero-order chi connectivity index (χ0) is 15.0. The van der Waals surface area contributed by atoms with Gasteiger partial charge in [0.05, 0.1) is 5.56 Å². The molecule has 5 heteroatoms. The Morgan fingerprint density at radius 2 is 2.10 bits per heavy atom. The quantitative estimate of drug-likeness (QED) is 0.919. The summed E-state index contributed by atoms with van der Waals surface area (Å²) in [5.74, 6) is -0.702. The lowest BCUT2D eigenvalue weighted by molar-refractivity contribution is -0.143. The maximum Gasteiger partial charge on any atom is 0.331 e. The molecule has 1 aromatic heterocycles. The van der Waals surface area contributed by atoms with E-state index >= 15 is 0 Å². The minimum Gasteiger partial charge on any atom is -0.479 e. The van der Waals surface area contributed by atoms with Gasteiger partial charge >= 0.3 is 5.97 Å². The highest BCUT2D eigenvalue weighted by Crippen LogP contribution is 2.31. The van der Waals surface area contributed by atoms with Crippen LogP contribution in [-0.4, -0.2) is 28.4 Å². The Balaban J connectivity index is 1.99. The number of hydrogen-bond donors (Lipinski definition) is 1. The van der Waals surface area contributed by atoms with Crippen LogP contribution >= 0.6 is 0 Å². The molecule has 1 unspecified atom stereocenters.